The van der Waals surface area contributed by atoms with Gasteiger partial charge in [-0.25, -0.2) is 8.42 Å². The summed E-state index contributed by atoms with van der Waals surface area (Å²) in [4.78, 5) is 10.6. The molecule has 88 valence electrons. The number of hydrogen-bond donors (Lipinski definition) is 1. The molecule has 0 saturated carbocycles. The Labute approximate surface area is 98.6 Å². The third-order valence-corrected chi connectivity index (χ3v) is 3.96. The Morgan fingerprint density at radius 2 is 1.88 bits per heavy atom. The molecule has 0 aliphatic rings. The molecule has 0 saturated heterocycles. The van der Waals surface area contributed by atoms with Gasteiger partial charge in [0.2, 0.25) is 0 Å². The van der Waals surface area contributed by atoms with Gasteiger partial charge in [0.15, 0.2) is 9.84 Å². The van der Waals surface area contributed by atoms with E-state index < -0.39 is 15.8 Å². The Morgan fingerprint density at radius 3 is 2.31 bits per heavy atom. The fourth-order valence-corrected chi connectivity index (χ4v) is 2.42. The lowest BCUT2D eigenvalue weighted by molar-refractivity contribution is -0.133. The van der Waals surface area contributed by atoms with Gasteiger partial charge in [0, 0.05) is 12.0 Å². The molecule has 0 aromatic heterocycles. The highest BCUT2D eigenvalue weighted by Crippen LogP contribution is 2.15. The molecular formula is C10H12O4S2. The second-order valence-corrected chi connectivity index (χ2v) is 6.30. The molecule has 16 heavy (non-hydrogen) atoms. The zero-order valence-corrected chi connectivity index (χ0v) is 10.3. The van der Waals surface area contributed by atoms with Gasteiger partial charge in [0.25, 0.3) is 0 Å². The number of benzene rings is 1. The van der Waals surface area contributed by atoms with Crippen molar-refractivity contribution in [2.45, 2.75) is 10.6 Å². The van der Waals surface area contributed by atoms with Gasteiger partial charge in [-0.15, -0.1) is 11.8 Å². The van der Waals surface area contributed by atoms with Crippen molar-refractivity contribution in [1.82, 2.24) is 0 Å². The number of carbonyl (C=O) groups is 1. The first-order valence-electron chi connectivity index (χ1n) is 4.48. The van der Waals surface area contributed by atoms with Crippen molar-refractivity contribution >= 4 is 27.6 Å². The fourth-order valence-electron chi connectivity index (χ4n) is 1.09. The topological polar surface area (TPSA) is 71.4 Å². The van der Waals surface area contributed by atoms with E-state index in [9.17, 15) is 13.2 Å². The van der Waals surface area contributed by atoms with Crippen molar-refractivity contribution in [3.05, 3.63) is 29.8 Å². The summed E-state index contributed by atoms with van der Waals surface area (Å²) in [5.41, 5.74) is 0.915. The maximum atomic E-state index is 11.2. The Kier molecular flexibility index (Phi) is 4.37. The van der Waals surface area contributed by atoms with Crippen LogP contribution < -0.4 is 0 Å². The van der Waals surface area contributed by atoms with Gasteiger partial charge in [-0.3, -0.25) is 4.79 Å². The Bertz CT molecular complexity index is 462. The van der Waals surface area contributed by atoms with Gasteiger partial charge < -0.3 is 5.11 Å². The summed E-state index contributed by atoms with van der Waals surface area (Å²) in [5.74, 6) is -0.234. The molecule has 0 bridgehead atoms. The molecule has 1 rings (SSSR count). The number of thioether (sulfide) groups is 1. The van der Waals surface area contributed by atoms with Crippen LogP contribution in [0.2, 0.25) is 0 Å². The molecule has 6 heteroatoms. The lowest BCUT2D eigenvalue weighted by Crippen LogP contribution is -1.99. The van der Waals surface area contributed by atoms with Gasteiger partial charge in [-0.05, 0) is 17.7 Å². The standard InChI is InChI=1S/C10H12O4S2/c1-16(13,14)9-4-2-8(3-5-9)6-15-7-10(11)12/h2-5H,6-7H2,1H3,(H,11,12). The highest BCUT2D eigenvalue weighted by atomic mass is 32.2. The van der Waals surface area contributed by atoms with Gasteiger partial charge in [0.05, 0.1) is 10.6 Å². The third kappa shape index (κ3) is 4.24. The molecular weight excluding hydrogens is 248 g/mol. The van der Waals surface area contributed by atoms with Gasteiger partial charge in [-0.2, -0.15) is 0 Å². The molecule has 0 fully saturated rings. The highest BCUT2D eigenvalue weighted by Gasteiger charge is 2.06. The van der Waals surface area contributed by atoms with Crippen LogP contribution in [0.15, 0.2) is 29.2 Å². The SMILES string of the molecule is CS(=O)(=O)c1ccc(CSCC(=O)O)cc1. The average molecular weight is 260 g/mol. The lowest BCUT2D eigenvalue weighted by atomic mass is 10.2. The predicted molar refractivity (Wildman–Crippen MR) is 63.3 cm³/mol. The van der Waals surface area contributed by atoms with E-state index >= 15 is 0 Å². The molecule has 0 radical (unpaired) electrons. The summed E-state index contributed by atoms with van der Waals surface area (Å²) >= 11 is 1.28. The van der Waals surface area contributed by atoms with E-state index in [1.54, 1.807) is 12.1 Å². The van der Waals surface area contributed by atoms with E-state index in [1.165, 1.54) is 23.9 Å². The minimum absolute atomic E-state index is 0.0494. The summed E-state index contributed by atoms with van der Waals surface area (Å²) in [6, 6.07) is 6.47. The van der Waals surface area contributed by atoms with Gasteiger partial charge in [0.1, 0.15) is 0 Å². The first-order valence-corrected chi connectivity index (χ1v) is 7.53. The molecule has 0 atom stereocenters. The monoisotopic (exact) mass is 260 g/mol. The van der Waals surface area contributed by atoms with Crippen molar-refractivity contribution in [2.24, 2.45) is 0 Å². The molecule has 0 heterocycles. The molecule has 1 N–H and O–H groups in total. The number of hydrogen-bond acceptors (Lipinski definition) is 4. The molecule has 0 amide bonds. The minimum Gasteiger partial charge on any atom is -0.481 e. The Balaban J connectivity index is 2.62. The van der Waals surface area contributed by atoms with Gasteiger partial charge in [-0.1, -0.05) is 12.1 Å². The Hall–Kier alpha value is -1.01. The van der Waals surface area contributed by atoms with Crippen molar-refractivity contribution in [2.75, 3.05) is 12.0 Å². The van der Waals surface area contributed by atoms with Crippen LogP contribution >= 0.6 is 11.8 Å². The molecule has 0 aliphatic carbocycles. The number of sulfone groups is 1. The highest BCUT2D eigenvalue weighted by molar-refractivity contribution is 7.99. The van der Waals surface area contributed by atoms with E-state index in [2.05, 4.69) is 0 Å². The number of carboxylic acid groups (broad SMARTS) is 1. The predicted octanol–water partition coefficient (Wildman–Crippen LogP) is 1.41. The van der Waals surface area contributed by atoms with Gasteiger partial charge >= 0.3 is 5.97 Å². The zero-order chi connectivity index (χ0) is 12.2. The van der Waals surface area contributed by atoms with E-state index in [-0.39, 0.29) is 10.6 Å². The van der Waals surface area contributed by atoms with Crippen LogP contribution in [0, 0.1) is 0 Å². The largest absolute Gasteiger partial charge is 0.481 e. The molecule has 0 spiro atoms. The maximum absolute atomic E-state index is 11.2. The van der Waals surface area contributed by atoms with E-state index in [4.69, 9.17) is 5.11 Å². The van der Waals surface area contributed by atoms with Crippen LogP contribution in [-0.2, 0) is 20.4 Å². The molecule has 4 nitrogen and oxygen atoms in total. The van der Waals surface area contributed by atoms with Crippen molar-refractivity contribution in [3.8, 4) is 0 Å². The first kappa shape index (κ1) is 13.1. The normalized spacial score (nSPS) is 11.3. The third-order valence-electron chi connectivity index (χ3n) is 1.85. The molecule has 1 aromatic rings. The lowest BCUT2D eigenvalue weighted by Gasteiger charge is -2.01. The van der Waals surface area contributed by atoms with E-state index in [0.717, 1.165) is 11.8 Å². The number of rotatable bonds is 5. The summed E-state index contributed by atoms with van der Waals surface area (Å²) in [6.07, 6.45) is 1.15. The average Bonchev–Trinajstić information content (AvgIpc) is 2.16. The second kappa shape index (κ2) is 5.36. The van der Waals surface area contributed by atoms with E-state index in [0.29, 0.717) is 5.75 Å². The second-order valence-electron chi connectivity index (χ2n) is 3.30. The summed E-state index contributed by atoms with van der Waals surface area (Å²) in [5, 5.41) is 8.44. The first-order chi connectivity index (χ1) is 7.39. The summed E-state index contributed by atoms with van der Waals surface area (Å²) < 4.78 is 22.3. The Morgan fingerprint density at radius 1 is 1.31 bits per heavy atom. The van der Waals surface area contributed by atoms with Crippen molar-refractivity contribution in [1.29, 1.82) is 0 Å². The van der Waals surface area contributed by atoms with Crippen LogP contribution in [0.3, 0.4) is 0 Å². The smallest absolute Gasteiger partial charge is 0.313 e. The summed E-state index contributed by atoms with van der Waals surface area (Å²) in [7, 11) is -3.15. The van der Waals surface area contributed by atoms with Crippen LogP contribution in [0.1, 0.15) is 5.56 Å². The molecule has 0 unspecified atom stereocenters. The fraction of sp³-hybridized carbons (Fsp3) is 0.300. The number of carboxylic acids is 1. The van der Waals surface area contributed by atoms with Crippen molar-refractivity contribution in [3.63, 3.8) is 0 Å². The maximum Gasteiger partial charge on any atom is 0.313 e. The van der Waals surface area contributed by atoms with Crippen LogP contribution in [-0.4, -0.2) is 31.5 Å². The minimum atomic E-state index is -3.15. The zero-order valence-electron chi connectivity index (χ0n) is 8.71. The number of aliphatic carboxylic acids is 1. The van der Waals surface area contributed by atoms with E-state index in [1.807, 2.05) is 0 Å². The van der Waals surface area contributed by atoms with Crippen LogP contribution in [0.5, 0.6) is 0 Å². The molecule has 1 aromatic carbocycles. The summed E-state index contributed by atoms with van der Waals surface area (Å²) in [6.45, 7) is 0. The van der Waals surface area contributed by atoms with Crippen LogP contribution in [0.4, 0.5) is 0 Å². The quantitative estimate of drug-likeness (QED) is 0.866. The molecule has 0 aliphatic heterocycles. The van der Waals surface area contributed by atoms with Crippen molar-refractivity contribution < 1.29 is 18.3 Å². The van der Waals surface area contributed by atoms with Crippen LogP contribution in [0.25, 0.3) is 0 Å².